The van der Waals surface area contributed by atoms with Crippen LogP contribution in [-0.2, 0) is 19.1 Å². The van der Waals surface area contributed by atoms with Crippen LogP contribution in [0.5, 0.6) is 0 Å². The Morgan fingerprint density at radius 3 is 2.50 bits per heavy atom. The van der Waals surface area contributed by atoms with E-state index in [0.29, 0.717) is 0 Å². The van der Waals surface area contributed by atoms with Crippen LogP contribution in [0.3, 0.4) is 0 Å². The fraction of sp³-hybridized carbons (Fsp3) is 0.600. The van der Waals surface area contributed by atoms with Crippen LogP contribution in [0.1, 0.15) is 6.42 Å². The van der Waals surface area contributed by atoms with E-state index in [9.17, 15) is 19.8 Å². The zero-order valence-corrected chi connectivity index (χ0v) is 9.04. The predicted molar refractivity (Wildman–Crippen MR) is 52.2 cm³/mol. The SMILES string of the molecule is COC(=O)[C@@H]1C[C@@H](O)C=C[C@@]1(O)C(=O)OC. The molecule has 0 aliphatic heterocycles. The Bertz CT molecular complexity index is 323. The summed E-state index contributed by atoms with van der Waals surface area (Å²) in [7, 11) is 2.25. The van der Waals surface area contributed by atoms with Crippen molar-refractivity contribution >= 4 is 11.9 Å². The molecule has 0 saturated carbocycles. The molecule has 0 spiro atoms. The highest BCUT2D eigenvalue weighted by atomic mass is 16.5. The average molecular weight is 230 g/mol. The summed E-state index contributed by atoms with van der Waals surface area (Å²) in [5.74, 6) is -2.88. The largest absolute Gasteiger partial charge is 0.469 e. The number of carbonyl (C=O) groups is 2. The third kappa shape index (κ3) is 2.07. The van der Waals surface area contributed by atoms with E-state index in [1.807, 2.05) is 0 Å². The minimum Gasteiger partial charge on any atom is -0.469 e. The summed E-state index contributed by atoms with van der Waals surface area (Å²) in [6, 6.07) is 0. The molecule has 0 amide bonds. The summed E-state index contributed by atoms with van der Waals surface area (Å²) in [5, 5.41) is 19.4. The minimum absolute atomic E-state index is 0.0885. The zero-order chi connectivity index (χ0) is 12.3. The summed E-state index contributed by atoms with van der Waals surface area (Å²) in [6.07, 6.45) is 1.33. The van der Waals surface area contributed by atoms with E-state index in [2.05, 4.69) is 9.47 Å². The molecule has 1 rings (SSSR count). The first kappa shape index (κ1) is 12.7. The Morgan fingerprint density at radius 1 is 1.38 bits per heavy atom. The molecule has 16 heavy (non-hydrogen) atoms. The maximum Gasteiger partial charge on any atom is 0.342 e. The van der Waals surface area contributed by atoms with Crippen LogP contribution in [0.15, 0.2) is 12.2 Å². The lowest BCUT2D eigenvalue weighted by molar-refractivity contribution is -0.174. The Hall–Kier alpha value is -1.40. The van der Waals surface area contributed by atoms with Crippen molar-refractivity contribution in [3.05, 3.63) is 12.2 Å². The van der Waals surface area contributed by atoms with Gasteiger partial charge < -0.3 is 19.7 Å². The predicted octanol–water partition coefficient (Wildman–Crippen LogP) is -1.000. The molecule has 3 atom stereocenters. The summed E-state index contributed by atoms with van der Waals surface area (Å²) < 4.78 is 8.90. The maximum atomic E-state index is 11.4. The van der Waals surface area contributed by atoms with Gasteiger partial charge in [-0.05, 0) is 12.5 Å². The summed E-state index contributed by atoms with van der Waals surface area (Å²) in [6.45, 7) is 0. The van der Waals surface area contributed by atoms with Crippen LogP contribution in [-0.4, -0.2) is 48.1 Å². The second-order valence-corrected chi connectivity index (χ2v) is 3.55. The Balaban J connectivity index is 3.07. The Labute approximate surface area is 92.5 Å². The van der Waals surface area contributed by atoms with Crippen LogP contribution in [0.2, 0.25) is 0 Å². The van der Waals surface area contributed by atoms with Crippen molar-refractivity contribution < 1.29 is 29.3 Å². The van der Waals surface area contributed by atoms with Crippen molar-refractivity contribution in [2.24, 2.45) is 5.92 Å². The van der Waals surface area contributed by atoms with Crippen molar-refractivity contribution in [1.29, 1.82) is 0 Å². The lowest BCUT2D eigenvalue weighted by atomic mass is 9.79. The molecule has 1 aliphatic carbocycles. The Morgan fingerprint density at radius 2 is 2.00 bits per heavy atom. The number of ether oxygens (including phenoxy) is 2. The molecular weight excluding hydrogens is 216 g/mol. The highest BCUT2D eigenvalue weighted by Crippen LogP contribution is 2.31. The third-order valence-electron chi connectivity index (χ3n) is 2.58. The molecule has 0 fully saturated rings. The molecule has 1 aliphatic rings. The molecule has 6 nitrogen and oxygen atoms in total. The molecule has 0 aromatic heterocycles. The van der Waals surface area contributed by atoms with Gasteiger partial charge in [-0.1, -0.05) is 6.08 Å². The zero-order valence-electron chi connectivity index (χ0n) is 9.04. The second-order valence-electron chi connectivity index (χ2n) is 3.55. The van der Waals surface area contributed by atoms with E-state index in [1.54, 1.807) is 0 Å². The molecule has 6 heteroatoms. The number of rotatable bonds is 2. The van der Waals surface area contributed by atoms with Crippen molar-refractivity contribution in [1.82, 2.24) is 0 Å². The molecule has 90 valence electrons. The summed E-state index contributed by atoms with van der Waals surface area (Å²) >= 11 is 0. The maximum absolute atomic E-state index is 11.4. The van der Waals surface area contributed by atoms with E-state index < -0.39 is 29.6 Å². The Kier molecular flexibility index (Phi) is 3.66. The number of hydrogen-bond donors (Lipinski definition) is 2. The summed E-state index contributed by atoms with van der Waals surface area (Å²) in [4.78, 5) is 22.8. The van der Waals surface area contributed by atoms with Crippen LogP contribution >= 0.6 is 0 Å². The molecule has 0 saturated heterocycles. The molecule has 0 heterocycles. The van der Waals surface area contributed by atoms with Crippen LogP contribution in [0.4, 0.5) is 0 Å². The smallest absolute Gasteiger partial charge is 0.342 e. The van der Waals surface area contributed by atoms with Crippen molar-refractivity contribution in [3.8, 4) is 0 Å². The molecule has 2 N–H and O–H groups in total. The molecule has 0 radical (unpaired) electrons. The van der Waals surface area contributed by atoms with Crippen LogP contribution in [0, 0.1) is 5.92 Å². The average Bonchev–Trinajstić information content (AvgIpc) is 2.30. The van der Waals surface area contributed by atoms with Crippen LogP contribution in [0.25, 0.3) is 0 Å². The quantitative estimate of drug-likeness (QED) is 0.467. The van der Waals surface area contributed by atoms with E-state index in [4.69, 9.17) is 0 Å². The molecule has 0 aromatic rings. The van der Waals surface area contributed by atoms with Gasteiger partial charge in [0, 0.05) is 0 Å². The van der Waals surface area contributed by atoms with E-state index in [0.717, 1.165) is 20.3 Å². The second kappa shape index (κ2) is 4.63. The van der Waals surface area contributed by atoms with Gasteiger partial charge in [0.15, 0.2) is 5.60 Å². The number of esters is 2. The molecule has 0 aromatic carbocycles. The van der Waals surface area contributed by atoms with Gasteiger partial charge in [-0.25, -0.2) is 4.79 Å². The van der Waals surface area contributed by atoms with Crippen LogP contribution < -0.4 is 0 Å². The van der Waals surface area contributed by atoms with Gasteiger partial charge in [0.05, 0.1) is 20.3 Å². The van der Waals surface area contributed by atoms with E-state index >= 15 is 0 Å². The standard InChI is InChI=1S/C10H14O6/c1-15-8(12)7-5-6(11)3-4-10(7,14)9(13)16-2/h3-4,6-7,11,14H,5H2,1-2H3/t6-,7-,10-/m0/s1. The summed E-state index contributed by atoms with van der Waals surface area (Å²) in [5.41, 5.74) is -2.07. The molecule has 0 unspecified atom stereocenters. The number of aliphatic hydroxyl groups is 2. The minimum atomic E-state index is -2.07. The lowest BCUT2D eigenvalue weighted by Gasteiger charge is -2.33. The van der Waals surface area contributed by atoms with E-state index in [-0.39, 0.29) is 6.42 Å². The van der Waals surface area contributed by atoms with Crippen molar-refractivity contribution in [2.75, 3.05) is 14.2 Å². The van der Waals surface area contributed by atoms with Gasteiger partial charge in [-0.15, -0.1) is 0 Å². The lowest BCUT2D eigenvalue weighted by Crippen LogP contribution is -2.51. The molecular formula is C10H14O6. The first-order valence-electron chi connectivity index (χ1n) is 4.71. The van der Waals surface area contributed by atoms with E-state index in [1.165, 1.54) is 6.08 Å². The van der Waals surface area contributed by atoms with Gasteiger partial charge in [-0.3, -0.25) is 4.79 Å². The highest BCUT2D eigenvalue weighted by Gasteiger charge is 2.50. The van der Waals surface area contributed by atoms with Gasteiger partial charge in [0.2, 0.25) is 0 Å². The number of aliphatic hydroxyl groups excluding tert-OH is 1. The van der Waals surface area contributed by atoms with Crippen molar-refractivity contribution in [2.45, 2.75) is 18.1 Å². The van der Waals surface area contributed by atoms with Crippen molar-refractivity contribution in [3.63, 3.8) is 0 Å². The van der Waals surface area contributed by atoms with Gasteiger partial charge >= 0.3 is 11.9 Å². The highest BCUT2D eigenvalue weighted by molar-refractivity contribution is 5.89. The fourth-order valence-corrected chi connectivity index (χ4v) is 1.67. The monoisotopic (exact) mass is 230 g/mol. The third-order valence-corrected chi connectivity index (χ3v) is 2.58. The first-order valence-corrected chi connectivity index (χ1v) is 4.71. The number of hydrogen-bond acceptors (Lipinski definition) is 6. The van der Waals surface area contributed by atoms with Gasteiger partial charge in [0.1, 0.15) is 5.92 Å². The number of carbonyl (C=O) groups excluding carboxylic acids is 2. The fourth-order valence-electron chi connectivity index (χ4n) is 1.67. The normalized spacial score (nSPS) is 33.2. The topological polar surface area (TPSA) is 93.1 Å². The first-order chi connectivity index (χ1) is 7.45. The van der Waals surface area contributed by atoms with Gasteiger partial charge in [0.25, 0.3) is 0 Å². The molecule has 0 bridgehead atoms. The van der Waals surface area contributed by atoms with Gasteiger partial charge in [-0.2, -0.15) is 0 Å². The number of methoxy groups -OCH3 is 2.